The predicted molar refractivity (Wildman–Crippen MR) is 186 cm³/mol. The molecule has 18 heteroatoms. The van der Waals surface area contributed by atoms with Crippen molar-refractivity contribution < 1.29 is 51.0 Å². The molecular weight excluding hydrogens is 715 g/mol. The van der Waals surface area contributed by atoms with Gasteiger partial charge in [0.2, 0.25) is 27.7 Å². The van der Waals surface area contributed by atoms with Crippen molar-refractivity contribution in [2.24, 2.45) is 5.92 Å². The molecule has 53 heavy (non-hydrogen) atoms. The molecule has 288 valence electrons. The normalized spacial score (nSPS) is 23.9. The van der Waals surface area contributed by atoms with Crippen LogP contribution < -0.4 is 15.4 Å². The van der Waals surface area contributed by atoms with E-state index in [4.69, 9.17) is 9.47 Å². The van der Waals surface area contributed by atoms with Crippen molar-refractivity contribution in [1.29, 1.82) is 0 Å². The van der Waals surface area contributed by atoms with Gasteiger partial charge >= 0.3 is 12.2 Å². The van der Waals surface area contributed by atoms with Crippen molar-refractivity contribution in [2.45, 2.75) is 94.1 Å². The van der Waals surface area contributed by atoms with Crippen molar-refractivity contribution in [2.75, 3.05) is 20.1 Å². The number of ether oxygens (including phenoxy) is 2. The van der Waals surface area contributed by atoms with Gasteiger partial charge in [0.25, 0.3) is 5.91 Å². The van der Waals surface area contributed by atoms with Gasteiger partial charge in [0.15, 0.2) is 0 Å². The zero-order valence-electron chi connectivity index (χ0n) is 30.1. The van der Waals surface area contributed by atoms with Crippen molar-refractivity contribution >= 4 is 45.8 Å². The Morgan fingerprint density at radius 3 is 2.42 bits per heavy atom. The van der Waals surface area contributed by atoms with Crippen LogP contribution in [0.15, 0.2) is 43.5 Å². The van der Waals surface area contributed by atoms with Gasteiger partial charge in [-0.15, -0.1) is 6.58 Å². The summed E-state index contributed by atoms with van der Waals surface area (Å²) in [5.74, 6) is -4.33. The van der Waals surface area contributed by atoms with E-state index in [0.717, 1.165) is 15.9 Å². The molecule has 2 aliphatic heterocycles. The molecule has 5 atom stereocenters. The average Bonchev–Trinajstić information content (AvgIpc) is 3.97. The minimum Gasteiger partial charge on any atom is -0.444 e. The molecule has 0 aromatic heterocycles. The lowest BCUT2D eigenvalue weighted by Crippen LogP contribution is -2.60. The summed E-state index contributed by atoms with van der Waals surface area (Å²) in [6, 6.07) is 1.63. The van der Waals surface area contributed by atoms with Crippen LogP contribution in [0.5, 0.6) is 0 Å². The van der Waals surface area contributed by atoms with E-state index in [-0.39, 0.29) is 39.0 Å². The number of amides is 6. The lowest BCUT2D eigenvalue weighted by molar-refractivity contribution is -0.142. The number of carbonyl (C=O) groups excluding carboxylic acids is 6. The maximum Gasteiger partial charge on any atom is 0.410 e. The minimum absolute atomic E-state index is 0.0384. The van der Waals surface area contributed by atoms with Gasteiger partial charge in [0, 0.05) is 31.5 Å². The summed E-state index contributed by atoms with van der Waals surface area (Å²) in [5.41, 5.74) is -1.69. The highest BCUT2D eigenvalue weighted by atomic mass is 32.2. The van der Waals surface area contributed by atoms with Crippen LogP contribution in [0.2, 0.25) is 0 Å². The summed E-state index contributed by atoms with van der Waals surface area (Å²) >= 11 is 0. The molecule has 1 aromatic carbocycles. The van der Waals surface area contributed by atoms with E-state index in [1.807, 2.05) is 0 Å². The highest BCUT2D eigenvalue weighted by Crippen LogP contribution is 2.45. The van der Waals surface area contributed by atoms with Gasteiger partial charge in [-0.05, 0) is 57.7 Å². The molecule has 6 amide bonds. The average molecular weight is 761 g/mol. The second-order valence-corrected chi connectivity index (χ2v) is 16.7. The first-order chi connectivity index (χ1) is 24.8. The third-order valence-corrected chi connectivity index (χ3v) is 11.4. The molecule has 5 rings (SSSR count). The van der Waals surface area contributed by atoms with Gasteiger partial charge in [-0.1, -0.05) is 24.8 Å². The monoisotopic (exact) mass is 760 g/mol. The number of alkyl carbamates (subject to hydrolysis) is 1. The number of sulfonamides is 1. The lowest BCUT2D eigenvalue weighted by Gasteiger charge is -2.31. The van der Waals surface area contributed by atoms with Crippen LogP contribution in [0.1, 0.15) is 57.6 Å². The second kappa shape index (κ2) is 14.8. The van der Waals surface area contributed by atoms with E-state index < -0.39 is 92.2 Å². The molecule has 2 heterocycles. The van der Waals surface area contributed by atoms with Crippen LogP contribution >= 0.6 is 0 Å². The molecule has 0 bridgehead atoms. The Morgan fingerprint density at radius 2 is 1.83 bits per heavy atom. The largest absolute Gasteiger partial charge is 0.444 e. The number of carbonyl (C=O) groups is 6. The maximum absolute atomic E-state index is 14.4. The Balaban J connectivity index is 1.40. The number of likely N-dealkylation sites (tertiary alicyclic amines) is 1. The zero-order valence-corrected chi connectivity index (χ0v) is 30.9. The Bertz CT molecular complexity index is 1830. The molecule has 1 unspecified atom stereocenters. The van der Waals surface area contributed by atoms with E-state index in [2.05, 4.69) is 28.5 Å². The Kier molecular flexibility index (Phi) is 10.9. The SMILES string of the molecule is C=CC(=O)N(C)C[C@H](NC(=O)OC(C)(C)C)C(=O)N1C[C@H](OC(=O)N2Cc3cccc(F)c3C2)CC1C(=O)N[C@]1(C(=O)NS(=O)(=O)C2CC2)C[C@H]1C=C. The van der Waals surface area contributed by atoms with Crippen LogP contribution in [-0.2, 0) is 51.8 Å². The molecule has 0 radical (unpaired) electrons. The third kappa shape index (κ3) is 8.80. The van der Waals surface area contributed by atoms with Crippen LogP contribution in [0.4, 0.5) is 14.0 Å². The fourth-order valence-corrected chi connectivity index (χ4v) is 7.84. The summed E-state index contributed by atoms with van der Waals surface area (Å²) in [4.78, 5) is 84.0. The number of rotatable bonds is 12. The number of nitrogens with zero attached hydrogens (tertiary/aromatic N) is 3. The van der Waals surface area contributed by atoms with Crippen molar-refractivity contribution in [3.63, 3.8) is 0 Å². The van der Waals surface area contributed by atoms with E-state index >= 15 is 0 Å². The summed E-state index contributed by atoms with van der Waals surface area (Å²) in [6.07, 6.45) is 0.112. The maximum atomic E-state index is 14.4. The first-order valence-electron chi connectivity index (χ1n) is 17.2. The summed E-state index contributed by atoms with van der Waals surface area (Å²) < 4.78 is 52.8. The van der Waals surface area contributed by atoms with Crippen molar-refractivity contribution in [3.8, 4) is 0 Å². The lowest BCUT2D eigenvalue weighted by atomic mass is 10.1. The highest BCUT2D eigenvalue weighted by molar-refractivity contribution is 7.91. The standard InChI is InChI=1S/C35H45FN6O10S/c1-7-21-15-35(21,31(46)39-53(49,50)23-12-13-23)38-29(44)27-14-22(51-33(48)41-16-20-10-9-11-25(36)24(20)18-41)17-42(27)30(45)26(19-40(6)28(43)8-2)37-32(47)52-34(3,4)5/h7-11,21-23,26-27H,1-2,12-19H2,3-6H3,(H,37,47)(H,38,44)(H,39,46)/t21-,22-,26+,27?,35-/m1/s1. The van der Waals surface area contributed by atoms with Gasteiger partial charge in [-0.2, -0.15) is 0 Å². The number of benzene rings is 1. The van der Waals surface area contributed by atoms with Crippen LogP contribution in [-0.4, -0.2) is 114 Å². The summed E-state index contributed by atoms with van der Waals surface area (Å²) in [7, 11) is -2.60. The molecule has 0 spiro atoms. The molecule has 2 saturated carbocycles. The Hall–Kier alpha value is -5.00. The van der Waals surface area contributed by atoms with Gasteiger partial charge in [0.1, 0.15) is 35.1 Å². The quantitative estimate of drug-likeness (QED) is 0.207. The molecule has 1 saturated heterocycles. The van der Waals surface area contributed by atoms with Crippen molar-refractivity contribution in [1.82, 2.24) is 30.1 Å². The van der Waals surface area contributed by atoms with E-state index in [1.165, 1.54) is 30.2 Å². The number of nitrogens with one attached hydrogen (secondary N) is 3. The highest BCUT2D eigenvalue weighted by Gasteiger charge is 2.62. The first-order valence-corrected chi connectivity index (χ1v) is 18.7. The van der Waals surface area contributed by atoms with Crippen LogP contribution in [0.25, 0.3) is 0 Å². The van der Waals surface area contributed by atoms with Gasteiger partial charge in [0.05, 0.1) is 24.9 Å². The van der Waals surface area contributed by atoms with Crippen LogP contribution in [0, 0.1) is 11.7 Å². The number of likely N-dealkylation sites (N-methyl/N-ethyl adjacent to an activating group) is 1. The molecule has 3 N–H and O–H groups in total. The molecular formula is C35H45FN6O10S. The molecule has 1 aromatic rings. The van der Waals surface area contributed by atoms with Crippen LogP contribution in [0.3, 0.4) is 0 Å². The molecule has 3 fully saturated rings. The minimum atomic E-state index is -3.98. The third-order valence-electron chi connectivity index (χ3n) is 9.55. The molecule has 2 aliphatic carbocycles. The molecule has 4 aliphatic rings. The second-order valence-electron chi connectivity index (χ2n) is 14.8. The number of halogens is 1. The van der Waals surface area contributed by atoms with E-state index in [1.54, 1.807) is 26.8 Å². The Labute approximate surface area is 307 Å². The topological polar surface area (TPSA) is 201 Å². The smallest absolute Gasteiger partial charge is 0.410 e. The fourth-order valence-electron chi connectivity index (χ4n) is 6.48. The number of fused-ring (bicyclic) bond motifs is 1. The van der Waals surface area contributed by atoms with E-state index in [9.17, 15) is 41.6 Å². The number of hydrogen-bond acceptors (Lipinski definition) is 10. The summed E-state index contributed by atoms with van der Waals surface area (Å²) in [6.45, 7) is 11.3. The zero-order chi connectivity index (χ0) is 39.0. The predicted octanol–water partition coefficient (Wildman–Crippen LogP) is 1.45. The van der Waals surface area contributed by atoms with Crippen molar-refractivity contribution in [3.05, 3.63) is 60.5 Å². The van der Waals surface area contributed by atoms with E-state index in [0.29, 0.717) is 24.0 Å². The Morgan fingerprint density at radius 1 is 1.13 bits per heavy atom. The molecule has 16 nitrogen and oxygen atoms in total. The summed E-state index contributed by atoms with van der Waals surface area (Å²) in [5, 5.41) is 4.40. The van der Waals surface area contributed by atoms with Gasteiger partial charge < -0.3 is 29.9 Å². The van der Waals surface area contributed by atoms with Gasteiger partial charge in [-0.3, -0.25) is 28.8 Å². The first kappa shape index (κ1) is 39.2. The van der Waals surface area contributed by atoms with Gasteiger partial charge in [-0.25, -0.2) is 22.4 Å². The number of hydrogen-bond donors (Lipinski definition) is 3. The fraction of sp³-hybridized carbons (Fsp3) is 0.543.